The molecule has 80 valence electrons. The van der Waals surface area contributed by atoms with Crippen molar-refractivity contribution in [2.45, 2.75) is 31.6 Å². The van der Waals surface area contributed by atoms with Crippen molar-refractivity contribution >= 4 is 5.78 Å². The van der Waals surface area contributed by atoms with Gasteiger partial charge < -0.3 is 4.74 Å². The molecule has 1 aliphatic carbocycles. The topological polar surface area (TPSA) is 26.3 Å². The molecule has 2 rings (SSSR count). The average molecular weight is 204 g/mol. The Morgan fingerprint density at radius 2 is 2.13 bits per heavy atom. The van der Waals surface area contributed by atoms with Gasteiger partial charge in [-0.25, -0.2) is 0 Å². The highest BCUT2D eigenvalue weighted by Crippen LogP contribution is 2.35. The van der Waals surface area contributed by atoms with Crippen LogP contribution in [0.25, 0.3) is 0 Å². The molecule has 0 aromatic heterocycles. The number of carbonyl (C=O) groups excluding carboxylic acids is 1. The van der Waals surface area contributed by atoms with Crippen molar-refractivity contribution in [3.05, 3.63) is 29.8 Å². The lowest BCUT2D eigenvalue weighted by molar-refractivity contribution is -0.120. The van der Waals surface area contributed by atoms with Gasteiger partial charge in [-0.2, -0.15) is 0 Å². The molecular weight excluding hydrogens is 188 g/mol. The zero-order valence-electron chi connectivity index (χ0n) is 9.03. The molecule has 1 fully saturated rings. The first kappa shape index (κ1) is 10.2. The number of Topliss-reactive ketones (excluding diaryl/α,β-unsaturated/α-hetero) is 1. The summed E-state index contributed by atoms with van der Waals surface area (Å²) < 4.78 is 5.32. The van der Waals surface area contributed by atoms with Crippen LogP contribution in [0.4, 0.5) is 0 Å². The molecule has 0 N–H and O–H groups in total. The molecule has 1 aromatic rings. The summed E-state index contributed by atoms with van der Waals surface area (Å²) in [5, 5.41) is 0. The van der Waals surface area contributed by atoms with Crippen molar-refractivity contribution in [3.63, 3.8) is 0 Å². The molecule has 0 aliphatic heterocycles. The van der Waals surface area contributed by atoms with E-state index in [4.69, 9.17) is 4.74 Å². The molecule has 0 heterocycles. The molecule has 15 heavy (non-hydrogen) atoms. The van der Waals surface area contributed by atoms with Crippen molar-refractivity contribution in [1.82, 2.24) is 0 Å². The predicted octanol–water partition coefficient (Wildman–Crippen LogP) is 2.92. The van der Waals surface area contributed by atoms with E-state index in [1.54, 1.807) is 7.11 Å². The Balaban J connectivity index is 2.24. The Kier molecular flexibility index (Phi) is 3.05. The number of hydrogen-bond acceptors (Lipinski definition) is 2. The quantitative estimate of drug-likeness (QED) is 0.740. The highest BCUT2D eigenvalue weighted by atomic mass is 16.5. The summed E-state index contributed by atoms with van der Waals surface area (Å²) in [4.78, 5) is 11.4. The van der Waals surface area contributed by atoms with Crippen molar-refractivity contribution in [1.29, 1.82) is 0 Å². The molecule has 1 aromatic carbocycles. The van der Waals surface area contributed by atoms with E-state index < -0.39 is 0 Å². The van der Waals surface area contributed by atoms with Crippen molar-refractivity contribution < 1.29 is 9.53 Å². The maximum atomic E-state index is 11.4. The van der Waals surface area contributed by atoms with Gasteiger partial charge in [0.1, 0.15) is 11.5 Å². The van der Waals surface area contributed by atoms with Crippen LogP contribution < -0.4 is 4.74 Å². The summed E-state index contributed by atoms with van der Waals surface area (Å²) in [6, 6.07) is 8.01. The molecule has 0 bridgehead atoms. The molecule has 1 saturated carbocycles. The fourth-order valence-corrected chi connectivity index (χ4v) is 2.29. The summed E-state index contributed by atoms with van der Waals surface area (Å²) >= 11 is 0. The van der Waals surface area contributed by atoms with Crippen molar-refractivity contribution in [3.8, 4) is 5.75 Å². The third-order valence-electron chi connectivity index (χ3n) is 3.06. The third-order valence-corrected chi connectivity index (χ3v) is 3.06. The van der Waals surface area contributed by atoms with Gasteiger partial charge in [-0.3, -0.25) is 4.79 Å². The SMILES string of the molecule is COc1ccccc1[C@H]1CCCC(=O)C1. The van der Waals surface area contributed by atoms with E-state index in [1.807, 2.05) is 18.2 Å². The van der Waals surface area contributed by atoms with Crippen molar-refractivity contribution in [2.24, 2.45) is 0 Å². The second-order valence-corrected chi connectivity index (χ2v) is 4.07. The molecule has 0 unspecified atom stereocenters. The third kappa shape index (κ3) is 2.20. The Bertz CT molecular complexity index is 357. The normalized spacial score (nSPS) is 21.4. The Hall–Kier alpha value is -1.31. The molecule has 2 nitrogen and oxygen atoms in total. The molecule has 0 radical (unpaired) electrons. The fourth-order valence-electron chi connectivity index (χ4n) is 2.29. The van der Waals surface area contributed by atoms with Crippen LogP contribution in [0, 0.1) is 0 Å². The number of carbonyl (C=O) groups is 1. The van der Waals surface area contributed by atoms with Gasteiger partial charge in [-0.1, -0.05) is 18.2 Å². The van der Waals surface area contributed by atoms with Crippen LogP contribution in [0.15, 0.2) is 24.3 Å². The van der Waals surface area contributed by atoms with Crippen LogP contribution in [-0.4, -0.2) is 12.9 Å². The maximum absolute atomic E-state index is 11.4. The number of rotatable bonds is 2. The standard InChI is InChI=1S/C13H16O2/c1-15-13-8-3-2-7-12(13)10-5-4-6-11(14)9-10/h2-3,7-8,10H,4-6,9H2,1H3/t10-/m0/s1. The number of benzene rings is 1. The molecule has 0 saturated heterocycles. The Morgan fingerprint density at radius 1 is 1.33 bits per heavy atom. The second-order valence-electron chi connectivity index (χ2n) is 4.07. The summed E-state index contributed by atoms with van der Waals surface area (Å²) in [5.74, 6) is 1.66. The first-order valence-electron chi connectivity index (χ1n) is 5.46. The van der Waals surface area contributed by atoms with E-state index in [1.165, 1.54) is 5.56 Å². The van der Waals surface area contributed by atoms with Gasteiger partial charge in [0.2, 0.25) is 0 Å². The number of methoxy groups -OCH3 is 1. The summed E-state index contributed by atoms with van der Waals surface area (Å²) in [7, 11) is 1.68. The smallest absolute Gasteiger partial charge is 0.133 e. The van der Waals surface area contributed by atoms with Gasteiger partial charge in [0, 0.05) is 12.8 Å². The van der Waals surface area contributed by atoms with Crippen molar-refractivity contribution in [2.75, 3.05) is 7.11 Å². The van der Waals surface area contributed by atoms with E-state index in [-0.39, 0.29) is 0 Å². The molecule has 2 heteroatoms. The van der Waals surface area contributed by atoms with E-state index in [0.717, 1.165) is 25.0 Å². The number of para-hydroxylation sites is 1. The minimum Gasteiger partial charge on any atom is -0.496 e. The highest BCUT2D eigenvalue weighted by molar-refractivity contribution is 5.80. The molecule has 1 aliphatic rings. The highest BCUT2D eigenvalue weighted by Gasteiger charge is 2.22. The average Bonchev–Trinajstić information content (AvgIpc) is 2.29. The first-order valence-corrected chi connectivity index (χ1v) is 5.46. The molecule has 1 atom stereocenters. The summed E-state index contributed by atoms with van der Waals surface area (Å²) in [6.07, 6.45) is 3.56. The summed E-state index contributed by atoms with van der Waals surface area (Å²) in [5.41, 5.74) is 1.19. The lowest BCUT2D eigenvalue weighted by Gasteiger charge is -2.22. The van der Waals surface area contributed by atoms with Gasteiger partial charge in [0.15, 0.2) is 0 Å². The fraction of sp³-hybridized carbons (Fsp3) is 0.462. The van der Waals surface area contributed by atoms with Crippen LogP contribution in [0.2, 0.25) is 0 Å². The largest absolute Gasteiger partial charge is 0.496 e. The molecule has 0 amide bonds. The van der Waals surface area contributed by atoms with Gasteiger partial charge >= 0.3 is 0 Å². The van der Waals surface area contributed by atoms with Crippen LogP contribution in [-0.2, 0) is 4.79 Å². The van der Waals surface area contributed by atoms with Gasteiger partial charge in [-0.05, 0) is 30.4 Å². The van der Waals surface area contributed by atoms with Gasteiger partial charge in [0.25, 0.3) is 0 Å². The zero-order valence-corrected chi connectivity index (χ0v) is 9.03. The van der Waals surface area contributed by atoms with Gasteiger partial charge in [0.05, 0.1) is 7.11 Å². The zero-order chi connectivity index (χ0) is 10.7. The van der Waals surface area contributed by atoms with Crippen LogP contribution in [0.5, 0.6) is 5.75 Å². The Labute approximate surface area is 90.3 Å². The van der Waals surface area contributed by atoms with E-state index >= 15 is 0 Å². The van der Waals surface area contributed by atoms with Crippen LogP contribution >= 0.6 is 0 Å². The molecular formula is C13H16O2. The lowest BCUT2D eigenvalue weighted by atomic mass is 9.83. The monoisotopic (exact) mass is 204 g/mol. The van der Waals surface area contributed by atoms with Crippen LogP contribution in [0.3, 0.4) is 0 Å². The predicted molar refractivity (Wildman–Crippen MR) is 59.2 cm³/mol. The van der Waals surface area contributed by atoms with E-state index in [9.17, 15) is 4.79 Å². The van der Waals surface area contributed by atoms with E-state index in [0.29, 0.717) is 18.1 Å². The molecule has 0 spiro atoms. The van der Waals surface area contributed by atoms with E-state index in [2.05, 4.69) is 6.07 Å². The van der Waals surface area contributed by atoms with Crippen LogP contribution in [0.1, 0.15) is 37.2 Å². The Morgan fingerprint density at radius 3 is 2.87 bits per heavy atom. The first-order chi connectivity index (χ1) is 7.31. The lowest BCUT2D eigenvalue weighted by Crippen LogP contribution is -2.14. The minimum absolute atomic E-state index is 0.363. The maximum Gasteiger partial charge on any atom is 0.133 e. The second kappa shape index (κ2) is 4.47. The minimum atomic E-state index is 0.363. The number of ketones is 1. The number of hydrogen-bond donors (Lipinski definition) is 0. The summed E-state index contributed by atoms with van der Waals surface area (Å²) in [6.45, 7) is 0. The number of ether oxygens (including phenoxy) is 1. The van der Waals surface area contributed by atoms with Gasteiger partial charge in [-0.15, -0.1) is 0 Å².